The lowest BCUT2D eigenvalue weighted by molar-refractivity contribution is 0.0979. The molecule has 1 aliphatic carbocycles. The van der Waals surface area contributed by atoms with Crippen molar-refractivity contribution in [1.29, 1.82) is 5.26 Å². The van der Waals surface area contributed by atoms with E-state index in [1.807, 2.05) is 6.07 Å². The van der Waals surface area contributed by atoms with Gasteiger partial charge in [0, 0.05) is 44.4 Å². The summed E-state index contributed by atoms with van der Waals surface area (Å²) in [5.41, 5.74) is 0.695. The number of nitrogens with zero attached hydrogens (tertiary/aromatic N) is 2. The normalized spacial score (nSPS) is 28.1. The first-order valence-electron chi connectivity index (χ1n) is 8.40. The molecule has 4 nitrogen and oxygen atoms in total. The molecule has 3 rings (SSSR count). The zero-order valence-corrected chi connectivity index (χ0v) is 13.6. The molecule has 1 N–H and O–H groups in total. The molecule has 1 aromatic rings. The lowest BCUT2D eigenvalue weighted by atomic mass is 10.1. The molecule has 5 heteroatoms. The average molecular weight is 317 g/mol. The molecule has 1 saturated heterocycles. The summed E-state index contributed by atoms with van der Waals surface area (Å²) < 4.78 is 19.6. The summed E-state index contributed by atoms with van der Waals surface area (Å²) in [6.45, 7) is 2.56. The van der Waals surface area contributed by atoms with Crippen LogP contribution in [0.5, 0.6) is 0 Å². The highest BCUT2D eigenvalue weighted by molar-refractivity contribution is 5.34. The van der Waals surface area contributed by atoms with E-state index in [1.54, 1.807) is 19.2 Å². The zero-order valence-electron chi connectivity index (χ0n) is 13.6. The van der Waals surface area contributed by atoms with Crippen LogP contribution in [-0.2, 0) is 11.3 Å². The molecule has 1 unspecified atom stereocenters. The number of rotatable bonds is 5. The number of halogens is 1. The van der Waals surface area contributed by atoms with Crippen LogP contribution in [-0.4, -0.2) is 43.3 Å². The number of benzene rings is 1. The van der Waals surface area contributed by atoms with Gasteiger partial charge in [-0.25, -0.2) is 4.39 Å². The number of nitrogens with one attached hydrogen (secondary N) is 1. The topological polar surface area (TPSA) is 48.3 Å². The molecule has 3 atom stereocenters. The van der Waals surface area contributed by atoms with Crippen LogP contribution in [0.4, 0.5) is 4.39 Å². The standard InChI is InChI=1S/C18H24FN3O/c1-23-15-8-9-22(12-15)17-7-3-6-16(17)21-11-14-5-2-4-13(10-20)18(14)19/h2,4-5,15-17,21H,3,6-9,11-12H2,1H3/t15?,16-,17+/m1/s1. The van der Waals surface area contributed by atoms with Crippen LogP contribution in [0.25, 0.3) is 0 Å². The number of nitriles is 1. The summed E-state index contributed by atoms with van der Waals surface area (Å²) in [7, 11) is 1.78. The number of hydrogen-bond acceptors (Lipinski definition) is 4. The Bertz CT molecular complexity index is 586. The Kier molecular flexibility index (Phi) is 5.27. The number of hydrogen-bond donors (Lipinski definition) is 1. The van der Waals surface area contributed by atoms with Crippen LogP contribution in [0, 0.1) is 17.1 Å². The van der Waals surface area contributed by atoms with E-state index >= 15 is 0 Å². The van der Waals surface area contributed by atoms with Crippen molar-refractivity contribution >= 4 is 0 Å². The third-order valence-corrected chi connectivity index (χ3v) is 5.21. The minimum atomic E-state index is -0.391. The molecule has 2 aliphatic rings. The molecule has 2 fully saturated rings. The second-order valence-electron chi connectivity index (χ2n) is 6.52. The Labute approximate surface area is 137 Å². The van der Waals surface area contributed by atoms with Gasteiger partial charge in [0.2, 0.25) is 0 Å². The van der Waals surface area contributed by atoms with Gasteiger partial charge in [0.15, 0.2) is 0 Å². The van der Waals surface area contributed by atoms with E-state index in [0.717, 1.165) is 25.9 Å². The van der Waals surface area contributed by atoms with Crippen LogP contribution < -0.4 is 5.32 Å². The highest BCUT2D eigenvalue weighted by Crippen LogP contribution is 2.28. The van der Waals surface area contributed by atoms with E-state index < -0.39 is 5.82 Å². The maximum Gasteiger partial charge on any atom is 0.145 e. The van der Waals surface area contributed by atoms with Gasteiger partial charge in [-0.3, -0.25) is 4.90 Å². The fourth-order valence-corrected chi connectivity index (χ4v) is 3.91. The molecule has 1 aromatic carbocycles. The summed E-state index contributed by atoms with van der Waals surface area (Å²) in [6, 6.07) is 7.82. The Hall–Kier alpha value is -1.48. The van der Waals surface area contributed by atoms with E-state index in [1.165, 1.54) is 18.9 Å². The summed E-state index contributed by atoms with van der Waals surface area (Å²) >= 11 is 0. The van der Waals surface area contributed by atoms with Gasteiger partial charge in [-0.05, 0) is 25.3 Å². The average Bonchev–Trinajstić information content (AvgIpc) is 3.22. The van der Waals surface area contributed by atoms with Crippen molar-refractivity contribution in [1.82, 2.24) is 10.2 Å². The van der Waals surface area contributed by atoms with Crippen LogP contribution in [0.15, 0.2) is 18.2 Å². The first-order valence-corrected chi connectivity index (χ1v) is 8.40. The number of likely N-dealkylation sites (tertiary alicyclic amines) is 1. The molecule has 0 radical (unpaired) electrons. The van der Waals surface area contributed by atoms with Gasteiger partial charge >= 0.3 is 0 Å². The van der Waals surface area contributed by atoms with Crippen LogP contribution in [0.1, 0.15) is 36.8 Å². The van der Waals surface area contributed by atoms with Crippen molar-refractivity contribution in [3.8, 4) is 6.07 Å². The number of methoxy groups -OCH3 is 1. The van der Waals surface area contributed by atoms with Crippen LogP contribution in [0.2, 0.25) is 0 Å². The van der Waals surface area contributed by atoms with Crippen molar-refractivity contribution in [2.75, 3.05) is 20.2 Å². The molecule has 0 spiro atoms. The van der Waals surface area contributed by atoms with Gasteiger partial charge in [0.25, 0.3) is 0 Å². The second-order valence-corrected chi connectivity index (χ2v) is 6.52. The molecule has 0 bridgehead atoms. The lowest BCUT2D eigenvalue weighted by Crippen LogP contribution is -2.46. The molecule has 23 heavy (non-hydrogen) atoms. The molecule has 1 heterocycles. The highest BCUT2D eigenvalue weighted by atomic mass is 19.1. The third kappa shape index (κ3) is 3.55. The molecular weight excluding hydrogens is 293 g/mol. The summed E-state index contributed by atoms with van der Waals surface area (Å²) in [6.07, 6.45) is 4.96. The lowest BCUT2D eigenvalue weighted by Gasteiger charge is -2.30. The summed E-state index contributed by atoms with van der Waals surface area (Å²) in [4.78, 5) is 2.51. The fraction of sp³-hybridized carbons (Fsp3) is 0.611. The first-order chi connectivity index (χ1) is 11.2. The number of ether oxygens (including phenoxy) is 1. The van der Waals surface area contributed by atoms with E-state index in [4.69, 9.17) is 10.00 Å². The predicted octanol–water partition coefficient (Wildman–Crippen LogP) is 2.43. The highest BCUT2D eigenvalue weighted by Gasteiger charge is 2.35. The molecule has 0 aromatic heterocycles. The van der Waals surface area contributed by atoms with Gasteiger partial charge in [0.05, 0.1) is 11.7 Å². The van der Waals surface area contributed by atoms with E-state index in [2.05, 4.69) is 10.2 Å². The molecule has 1 aliphatic heterocycles. The van der Waals surface area contributed by atoms with Gasteiger partial charge < -0.3 is 10.1 Å². The van der Waals surface area contributed by atoms with E-state index in [0.29, 0.717) is 30.3 Å². The second kappa shape index (κ2) is 7.39. The van der Waals surface area contributed by atoms with Crippen LogP contribution in [0.3, 0.4) is 0 Å². The van der Waals surface area contributed by atoms with Gasteiger partial charge in [-0.1, -0.05) is 18.6 Å². The van der Waals surface area contributed by atoms with Crippen LogP contribution >= 0.6 is 0 Å². The smallest absolute Gasteiger partial charge is 0.145 e. The van der Waals surface area contributed by atoms with E-state index in [9.17, 15) is 4.39 Å². The first kappa shape index (κ1) is 16.4. The largest absolute Gasteiger partial charge is 0.380 e. The quantitative estimate of drug-likeness (QED) is 0.906. The minimum Gasteiger partial charge on any atom is -0.380 e. The van der Waals surface area contributed by atoms with Gasteiger partial charge in [-0.15, -0.1) is 0 Å². The van der Waals surface area contributed by atoms with Crippen molar-refractivity contribution in [3.05, 3.63) is 35.1 Å². The van der Waals surface area contributed by atoms with Gasteiger partial charge in [-0.2, -0.15) is 5.26 Å². The Morgan fingerprint density at radius 1 is 1.39 bits per heavy atom. The molecular formula is C18H24FN3O. The van der Waals surface area contributed by atoms with E-state index in [-0.39, 0.29) is 5.56 Å². The Balaban J connectivity index is 1.61. The van der Waals surface area contributed by atoms with Crippen molar-refractivity contribution in [2.45, 2.75) is 50.4 Å². The Morgan fingerprint density at radius 2 is 2.26 bits per heavy atom. The molecule has 124 valence electrons. The molecule has 1 saturated carbocycles. The fourth-order valence-electron chi connectivity index (χ4n) is 3.91. The zero-order chi connectivity index (χ0) is 16.2. The van der Waals surface area contributed by atoms with Gasteiger partial charge in [0.1, 0.15) is 11.9 Å². The van der Waals surface area contributed by atoms with Crippen molar-refractivity contribution in [2.24, 2.45) is 0 Å². The summed E-state index contributed by atoms with van der Waals surface area (Å²) in [5.74, 6) is -0.391. The maximum atomic E-state index is 14.2. The van der Waals surface area contributed by atoms with Crippen molar-refractivity contribution in [3.63, 3.8) is 0 Å². The Morgan fingerprint density at radius 3 is 3.00 bits per heavy atom. The molecule has 0 amide bonds. The third-order valence-electron chi connectivity index (χ3n) is 5.21. The predicted molar refractivity (Wildman–Crippen MR) is 86.4 cm³/mol. The maximum absolute atomic E-state index is 14.2. The minimum absolute atomic E-state index is 0.120. The monoisotopic (exact) mass is 317 g/mol. The SMILES string of the molecule is COC1CCN([C@H]2CCC[C@H]2NCc2cccc(C#N)c2F)C1. The van der Waals surface area contributed by atoms with Crippen molar-refractivity contribution < 1.29 is 9.13 Å². The summed E-state index contributed by atoms with van der Waals surface area (Å²) in [5, 5.41) is 12.4.